The van der Waals surface area contributed by atoms with Crippen LogP contribution in [-0.4, -0.2) is 94.6 Å². The van der Waals surface area contributed by atoms with Crippen LogP contribution in [0.5, 0.6) is 11.8 Å². The lowest BCUT2D eigenvalue weighted by atomic mass is 9.95. The third kappa shape index (κ3) is 4.70. The van der Waals surface area contributed by atoms with Crippen molar-refractivity contribution in [3.8, 4) is 22.9 Å². The molecule has 4 aliphatic heterocycles. The Labute approximate surface area is 268 Å². The first-order chi connectivity index (χ1) is 22.4. The molecule has 0 radical (unpaired) electrons. The molecule has 0 amide bonds. The van der Waals surface area contributed by atoms with E-state index in [1.807, 2.05) is 7.05 Å². The van der Waals surface area contributed by atoms with Crippen molar-refractivity contribution in [2.24, 2.45) is 0 Å². The van der Waals surface area contributed by atoms with E-state index in [1.54, 1.807) is 6.07 Å². The van der Waals surface area contributed by atoms with E-state index in [0.29, 0.717) is 81.4 Å². The van der Waals surface area contributed by atoms with E-state index in [1.165, 1.54) is 6.07 Å². The van der Waals surface area contributed by atoms with Crippen LogP contribution in [0.1, 0.15) is 44.9 Å². The predicted octanol–water partition coefficient (Wildman–Crippen LogP) is 4.50. The van der Waals surface area contributed by atoms with Crippen molar-refractivity contribution < 1.29 is 18.3 Å². The number of nitrogen functional groups attached to an aromatic ring is 1. The molecule has 7 heterocycles. The number of nitrogens with zero attached hydrogens (tertiary/aromatic N) is 6. The van der Waals surface area contributed by atoms with Crippen LogP contribution < -0.4 is 30.7 Å². The summed E-state index contributed by atoms with van der Waals surface area (Å²) in [6, 6.07) is 4.10. The van der Waals surface area contributed by atoms with Crippen molar-refractivity contribution >= 4 is 49.4 Å². The highest BCUT2D eigenvalue weighted by atomic mass is 32.1. The van der Waals surface area contributed by atoms with E-state index in [2.05, 4.69) is 25.4 Å². The number of hydrogen-bond donors (Lipinski definition) is 3. The second-order valence-electron chi connectivity index (χ2n) is 13.5. The fourth-order valence-electron chi connectivity index (χ4n) is 8.07. The second-order valence-corrected chi connectivity index (χ2v) is 14.5. The van der Waals surface area contributed by atoms with E-state index < -0.39 is 6.17 Å². The minimum Gasteiger partial charge on any atom is -0.487 e. The van der Waals surface area contributed by atoms with Gasteiger partial charge in [-0.3, -0.25) is 4.90 Å². The van der Waals surface area contributed by atoms with E-state index in [9.17, 15) is 8.78 Å². The Kier molecular flexibility index (Phi) is 6.66. The summed E-state index contributed by atoms with van der Waals surface area (Å²) in [7, 11) is 1.81. The minimum absolute atomic E-state index is 0.0224. The zero-order valence-electron chi connectivity index (χ0n) is 25.7. The molecule has 1 aromatic carbocycles. The van der Waals surface area contributed by atoms with Crippen LogP contribution in [0.4, 0.5) is 25.5 Å². The van der Waals surface area contributed by atoms with Gasteiger partial charge in [-0.2, -0.15) is 9.97 Å². The number of anilines is 3. The number of benzene rings is 1. The monoisotopic (exact) mass is 649 g/mol. The summed E-state index contributed by atoms with van der Waals surface area (Å²) in [5, 5.41) is 7.26. The summed E-state index contributed by atoms with van der Waals surface area (Å²) in [6.45, 7) is 3.22. The lowest BCUT2D eigenvalue weighted by molar-refractivity contribution is 0.107. The summed E-state index contributed by atoms with van der Waals surface area (Å²) in [5.41, 5.74) is 8.63. The summed E-state index contributed by atoms with van der Waals surface area (Å²) in [4.78, 5) is 24.2. The molecular formula is C32H37F2N9O2S. The number of aromatic nitrogens is 4. The molecule has 9 rings (SSSR count). The maximum absolute atomic E-state index is 14.9. The lowest BCUT2D eigenvalue weighted by Gasteiger charge is -2.34. The molecule has 4 saturated heterocycles. The molecule has 11 nitrogen and oxygen atoms in total. The van der Waals surface area contributed by atoms with Crippen LogP contribution in [0.3, 0.4) is 0 Å². The molecule has 1 saturated carbocycles. The van der Waals surface area contributed by atoms with E-state index in [4.69, 9.17) is 30.2 Å². The van der Waals surface area contributed by atoms with Gasteiger partial charge in [0.15, 0.2) is 16.7 Å². The maximum atomic E-state index is 14.9. The highest BCUT2D eigenvalue weighted by Crippen LogP contribution is 2.48. The Hall–Kier alpha value is -3.62. The first kappa shape index (κ1) is 28.6. The third-order valence-electron chi connectivity index (χ3n) is 10.3. The van der Waals surface area contributed by atoms with Crippen LogP contribution in [0.2, 0.25) is 0 Å². The van der Waals surface area contributed by atoms with Gasteiger partial charge in [0, 0.05) is 50.7 Å². The molecule has 5 aliphatic rings. The van der Waals surface area contributed by atoms with Crippen LogP contribution in [-0.2, 0) is 0 Å². The van der Waals surface area contributed by atoms with Crippen molar-refractivity contribution in [2.45, 2.75) is 74.8 Å². The van der Waals surface area contributed by atoms with Gasteiger partial charge in [-0.25, -0.2) is 18.7 Å². The Balaban J connectivity index is 1.24. The summed E-state index contributed by atoms with van der Waals surface area (Å²) >= 11 is 1.11. The molecule has 4 aromatic rings. The largest absolute Gasteiger partial charge is 0.487 e. The number of thiazole rings is 1. The molecule has 2 unspecified atom stereocenters. The van der Waals surface area contributed by atoms with E-state index in [0.717, 1.165) is 69.5 Å². The molecule has 5 fully saturated rings. The Morgan fingerprint density at radius 2 is 1.89 bits per heavy atom. The molecule has 4 atom stereocenters. The smallest absolute Gasteiger partial charge is 0.319 e. The zero-order chi connectivity index (χ0) is 31.2. The molecule has 2 bridgehead atoms. The Bertz CT molecular complexity index is 1840. The number of nitrogens with one attached hydrogen (secondary N) is 2. The third-order valence-corrected chi connectivity index (χ3v) is 11.2. The Morgan fingerprint density at radius 1 is 1.07 bits per heavy atom. The van der Waals surface area contributed by atoms with Gasteiger partial charge >= 0.3 is 6.01 Å². The standard InChI is InChI=1S/C32H37F2N9O2S/c1-36-28-22(20-7-8-21(34)27-23(20)39-30(35)46-27)26(45-19-5-6-19)24-25(38-28)29(42-13-17-3-4-18(14-42)37-17)41-31(40-24)44-15-32-9-2-10-43(32)12-16(33)11-32/h7-8,16-19,37H,2-6,9-15H2,1H3,(H2,35,39)(H,36,38)/t16-,17?,18?,32+/m1/s1. The molecule has 1 aliphatic carbocycles. The van der Waals surface area contributed by atoms with Gasteiger partial charge in [-0.1, -0.05) is 11.3 Å². The van der Waals surface area contributed by atoms with Gasteiger partial charge in [0.05, 0.1) is 27.4 Å². The van der Waals surface area contributed by atoms with Gasteiger partial charge in [0.2, 0.25) is 0 Å². The molecule has 242 valence electrons. The van der Waals surface area contributed by atoms with Crippen molar-refractivity contribution in [1.82, 2.24) is 30.2 Å². The highest BCUT2D eigenvalue weighted by Gasteiger charge is 2.49. The molecule has 46 heavy (non-hydrogen) atoms. The number of fused-ring (bicyclic) bond motifs is 5. The van der Waals surface area contributed by atoms with Crippen molar-refractivity contribution in [2.75, 3.05) is 55.8 Å². The topological polar surface area (TPSA) is 127 Å². The van der Waals surface area contributed by atoms with Gasteiger partial charge in [0.25, 0.3) is 0 Å². The molecule has 3 aromatic heterocycles. The molecule has 14 heteroatoms. The second kappa shape index (κ2) is 10.7. The van der Waals surface area contributed by atoms with Gasteiger partial charge < -0.3 is 30.7 Å². The fraction of sp³-hybridized carbons (Fsp3) is 0.562. The predicted molar refractivity (Wildman–Crippen MR) is 174 cm³/mol. The fourth-order valence-corrected chi connectivity index (χ4v) is 8.84. The van der Waals surface area contributed by atoms with Crippen LogP contribution >= 0.6 is 11.3 Å². The SMILES string of the molecule is CNc1nc2c(N3CC4CCC(C3)N4)nc(OC[C@@]34CCCN3C[C@H](F)C4)nc2c(OC2CC2)c1-c1ccc(F)c2sc(N)nc12. The summed E-state index contributed by atoms with van der Waals surface area (Å²) in [5.74, 6) is 1.40. The number of nitrogens with two attached hydrogens (primary N) is 1. The molecule has 4 N–H and O–H groups in total. The number of hydrogen-bond acceptors (Lipinski definition) is 12. The van der Waals surface area contributed by atoms with Crippen molar-refractivity contribution in [1.29, 1.82) is 0 Å². The van der Waals surface area contributed by atoms with Crippen LogP contribution in [0.15, 0.2) is 12.1 Å². The first-order valence-corrected chi connectivity index (χ1v) is 17.2. The maximum Gasteiger partial charge on any atom is 0.319 e. The van der Waals surface area contributed by atoms with E-state index >= 15 is 0 Å². The lowest BCUT2D eigenvalue weighted by Crippen LogP contribution is -2.51. The van der Waals surface area contributed by atoms with Gasteiger partial charge in [-0.15, -0.1) is 0 Å². The highest BCUT2D eigenvalue weighted by molar-refractivity contribution is 7.22. The zero-order valence-corrected chi connectivity index (χ0v) is 26.5. The number of piperazine rings is 1. The van der Waals surface area contributed by atoms with Gasteiger partial charge in [0.1, 0.15) is 35.4 Å². The van der Waals surface area contributed by atoms with E-state index in [-0.39, 0.29) is 28.6 Å². The quantitative estimate of drug-likeness (QED) is 0.250. The number of alkyl halides is 1. The van der Waals surface area contributed by atoms with Crippen LogP contribution in [0.25, 0.3) is 32.4 Å². The molecular weight excluding hydrogens is 612 g/mol. The number of ether oxygens (including phenoxy) is 2. The first-order valence-electron chi connectivity index (χ1n) is 16.4. The minimum atomic E-state index is -0.856. The van der Waals surface area contributed by atoms with Crippen LogP contribution in [0, 0.1) is 5.82 Å². The van der Waals surface area contributed by atoms with Crippen molar-refractivity contribution in [3.63, 3.8) is 0 Å². The number of pyridine rings is 1. The summed E-state index contributed by atoms with van der Waals surface area (Å²) in [6.07, 6.45) is 5.61. The average Bonchev–Trinajstić information content (AvgIpc) is 3.31. The Morgan fingerprint density at radius 3 is 2.67 bits per heavy atom. The number of rotatable bonds is 8. The normalized spacial score (nSPS) is 27.5. The number of halogens is 2. The van der Waals surface area contributed by atoms with Gasteiger partial charge in [-0.05, 0) is 57.2 Å². The summed E-state index contributed by atoms with van der Waals surface area (Å²) < 4.78 is 43.1. The molecule has 0 spiro atoms. The van der Waals surface area contributed by atoms with Crippen molar-refractivity contribution in [3.05, 3.63) is 17.9 Å². The average molecular weight is 650 g/mol.